The highest BCUT2D eigenvalue weighted by atomic mass is 35.5. The third-order valence-corrected chi connectivity index (χ3v) is 4.43. The summed E-state index contributed by atoms with van der Waals surface area (Å²) in [6.45, 7) is 4.59. The van der Waals surface area contributed by atoms with E-state index in [2.05, 4.69) is 24.4 Å². The lowest BCUT2D eigenvalue weighted by Gasteiger charge is -2.10. The summed E-state index contributed by atoms with van der Waals surface area (Å²) in [5, 5.41) is 4.75. The van der Waals surface area contributed by atoms with Gasteiger partial charge in [-0.1, -0.05) is 67.6 Å². The van der Waals surface area contributed by atoms with Gasteiger partial charge in [-0.3, -0.25) is 0 Å². The van der Waals surface area contributed by atoms with Crippen LogP contribution in [0.5, 0.6) is 5.75 Å². The average Bonchev–Trinajstić information content (AvgIpc) is 2.58. The quantitative estimate of drug-likeness (QED) is 0.503. The predicted molar refractivity (Wildman–Crippen MR) is 103 cm³/mol. The van der Waals surface area contributed by atoms with Gasteiger partial charge in [0.1, 0.15) is 12.4 Å². The smallest absolute Gasteiger partial charge is 0.120 e. The molecule has 0 radical (unpaired) electrons. The van der Waals surface area contributed by atoms with Crippen molar-refractivity contribution in [2.24, 2.45) is 0 Å². The first kappa shape index (κ1) is 19.1. The van der Waals surface area contributed by atoms with E-state index in [-0.39, 0.29) is 0 Å². The molecule has 2 aromatic carbocycles. The molecule has 0 aliphatic carbocycles. The van der Waals surface area contributed by atoms with Gasteiger partial charge in [-0.25, -0.2) is 0 Å². The Hall–Kier alpha value is -1.22. The Morgan fingerprint density at radius 2 is 1.88 bits per heavy atom. The van der Waals surface area contributed by atoms with Crippen molar-refractivity contribution in [2.45, 2.75) is 45.8 Å². The number of nitrogens with one attached hydrogen (secondary N) is 1. The van der Waals surface area contributed by atoms with Gasteiger partial charge < -0.3 is 10.1 Å². The SMILES string of the molecule is CCCCCCNCc1cccc(OCc2ccc(Cl)cc2Cl)c1. The van der Waals surface area contributed by atoms with Crippen LogP contribution in [0.25, 0.3) is 0 Å². The van der Waals surface area contributed by atoms with Crippen molar-refractivity contribution in [3.63, 3.8) is 0 Å². The Kier molecular flexibility index (Phi) is 8.44. The minimum absolute atomic E-state index is 0.434. The standard InChI is InChI=1S/C20H25Cl2NO/c1-2-3-4-5-11-23-14-16-7-6-8-19(12-16)24-15-17-9-10-18(21)13-20(17)22/h6-10,12-13,23H,2-5,11,14-15H2,1H3. The second kappa shape index (κ2) is 10.6. The fourth-order valence-electron chi connectivity index (χ4n) is 2.45. The Balaban J connectivity index is 1.79. The van der Waals surface area contributed by atoms with Crippen molar-refractivity contribution in [1.29, 1.82) is 0 Å². The average molecular weight is 366 g/mol. The number of benzene rings is 2. The molecule has 130 valence electrons. The van der Waals surface area contributed by atoms with Gasteiger partial charge in [0, 0.05) is 22.2 Å². The first-order valence-electron chi connectivity index (χ1n) is 8.55. The normalized spacial score (nSPS) is 10.8. The van der Waals surface area contributed by atoms with E-state index >= 15 is 0 Å². The van der Waals surface area contributed by atoms with E-state index in [4.69, 9.17) is 27.9 Å². The molecule has 1 N–H and O–H groups in total. The van der Waals surface area contributed by atoms with E-state index in [0.717, 1.165) is 24.4 Å². The molecule has 2 nitrogen and oxygen atoms in total. The molecule has 24 heavy (non-hydrogen) atoms. The maximum absolute atomic E-state index is 6.17. The molecule has 0 aromatic heterocycles. The number of hydrogen-bond donors (Lipinski definition) is 1. The highest BCUT2D eigenvalue weighted by molar-refractivity contribution is 6.35. The molecule has 4 heteroatoms. The predicted octanol–water partition coefficient (Wildman–Crippen LogP) is 6.24. The van der Waals surface area contributed by atoms with Crippen LogP contribution in [-0.2, 0) is 13.2 Å². The number of hydrogen-bond acceptors (Lipinski definition) is 2. The fraction of sp³-hybridized carbons (Fsp3) is 0.400. The second-order valence-corrected chi connectivity index (χ2v) is 6.75. The zero-order chi connectivity index (χ0) is 17.2. The zero-order valence-electron chi connectivity index (χ0n) is 14.2. The maximum Gasteiger partial charge on any atom is 0.120 e. The van der Waals surface area contributed by atoms with Crippen molar-refractivity contribution < 1.29 is 4.74 Å². The lowest BCUT2D eigenvalue weighted by atomic mass is 10.2. The third kappa shape index (κ3) is 6.72. The number of unbranched alkanes of at least 4 members (excludes halogenated alkanes) is 3. The van der Waals surface area contributed by atoms with Crippen LogP contribution in [0.2, 0.25) is 10.0 Å². The van der Waals surface area contributed by atoms with Crippen LogP contribution in [0.3, 0.4) is 0 Å². The molecule has 0 spiro atoms. The van der Waals surface area contributed by atoms with Crippen LogP contribution in [0.4, 0.5) is 0 Å². The van der Waals surface area contributed by atoms with Crippen LogP contribution in [0, 0.1) is 0 Å². The van der Waals surface area contributed by atoms with Crippen LogP contribution in [0.15, 0.2) is 42.5 Å². The van der Waals surface area contributed by atoms with Gasteiger partial charge in [-0.15, -0.1) is 0 Å². The maximum atomic E-state index is 6.17. The van der Waals surface area contributed by atoms with Crippen LogP contribution in [-0.4, -0.2) is 6.54 Å². The van der Waals surface area contributed by atoms with Gasteiger partial charge in [0.15, 0.2) is 0 Å². The molecule has 2 rings (SSSR count). The van der Waals surface area contributed by atoms with E-state index in [1.807, 2.05) is 24.3 Å². The fourth-order valence-corrected chi connectivity index (χ4v) is 2.92. The topological polar surface area (TPSA) is 21.3 Å². The summed E-state index contributed by atoms with van der Waals surface area (Å²) in [5.41, 5.74) is 2.16. The highest BCUT2D eigenvalue weighted by Gasteiger charge is 2.03. The Morgan fingerprint density at radius 3 is 2.67 bits per heavy atom. The van der Waals surface area contributed by atoms with E-state index in [1.165, 1.54) is 31.2 Å². The van der Waals surface area contributed by atoms with Crippen LogP contribution >= 0.6 is 23.2 Å². The summed E-state index contributed by atoms with van der Waals surface area (Å²) in [6, 6.07) is 13.6. The van der Waals surface area contributed by atoms with Crippen molar-refractivity contribution in [3.8, 4) is 5.75 Å². The summed E-state index contributed by atoms with van der Waals surface area (Å²) >= 11 is 12.1. The highest BCUT2D eigenvalue weighted by Crippen LogP contribution is 2.23. The molecule has 0 amide bonds. The molecule has 0 fully saturated rings. The van der Waals surface area contributed by atoms with E-state index in [9.17, 15) is 0 Å². The molecule has 0 saturated carbocycles. The molecule has 0 heterocycles. The Morgan fingerprint density at radius 1 is 1.00 bits per heavy atom. The van der Waals surface area contributed by atoms with E-state index < -0.39 is 0 Å². The van der Waals surface area contributed by atoms with Crippen molar-refractivity contribution in [2.75, 3.05) is 6.54 Å². The van der Waals surface area contributed by atoms with Gasteiger partial charge in [-0.05, 0) is 42.8 Å². The van der Waals surface area contributed by atoms with Gasteiger partial charge in [-0.2, -0.15) is 0 Å². The molecule has 0 unspecified atom stereocenters. The monoisotopic (exact) mass is 365 g/mol. The van der Waals surface area contributed by atoms with Gasteiger partial charge in [0.05, 0.1) is 0 Å². The molecule has 0 aliphatic heterocycles. The summed E-state index contributed by atoms with van der Waals surface area (Å²) in [7, 11) is 0. The summed E-state index contributed by atoms with van der Waals surface area (Å²) in [6.07, 6.45) is 5.13. The van der Waals surface area contributed by atoms with Crippen molar-refractivity contribution in [3.05, 3.63) is 63.6 Å². The first-order chi connectivity index (χ1) is 11.7. The number of rotatable bonds is 10. The van der Waals surface area contributed by atoms with E-state index in [0.29, 0.717) is 16.7 Å². The number of halogens is 2. The molecule has 0 aliphatic rings. The third-order valence-electron chi connectivity index (χ3n) is 3.84. The number of ether oxygens (including phenoxy) is 1. The van der Waals surface area contributed by atoms with Crippen molar-refractivity contribution >= 4 is 23.2 Å². The lowest BCUT2D eigenvalue weighted by molar-refractivity contribution is 0.306. The summed E-state index contributed by atoms with van der Waals surface area (Å²) < 4.78 is 5.86. The minimum atomic E-state index is 0.434. The molecule has 0 bridgehead atoms. The molecule has 2 aromatic rings. The minimum Gasteiger partial charge on any atom is -0.489 e. The largest absolute Gasteiger partial charge is 0.489 e. The van der Waals surface area contributed by atoms with Crippen LogP contribution < -0.4 is 10.1 Å². The Bertz CT molecular complexity index is 631. The zero-order valence-corrected chi connectivity index (χ0v) is 15.7. The molecule has 0 atom stereocenters. The van der Waals surface area contributed by atoms with Gasteiger partial charge in [0.2, 0.25) is 0 Å². The molecular weight excluding hydrogens is 341 g/mol. The second-order valence-electron chi connectivity index (χ2n) is 5.91. The summed E-state index contributed by atoms with van der Waals surface area (Å²) in [4.78, 5) is 0. The Labute approximate surface area is 155 Å². The van der Waals surface area contributed by atoms with Gasteiger partial charge >= 0.3 is 0 Å². The summed E-state index contributed by atoms with van der Waals surface area (Å²) in [5.74, 6) is 0.853. The van der Waals surface area contributed by atoms with Crippen LogP contribution in [0.1, 0.15) is 43.7 Å². The van der Waals surface area contributed by atoms with Crippen molar-refractivity contribution in [1.82, 2.24) is 5.32 Å². The molecule has 0 saturated heterocycles. The first-order valence-corrected chi connectivity index (χ1v) is 9.31. The van der Waals surface area contributed by atoms with Gasteiger partial charge in [0.25, 0.3) is 0 Å². The van der Waals surface area contributed by atoms with E-state index in [1.54, 1.807) is 6.07 Å². The lowest BCUT2D eigenvalue weighted by Crippen LogP contribution is -2.14. The molecular formula is C20H25Cl2NO.